The quantitative estimate of drug-likeness (QED) is 0.566. The molecule has 30 heavy (non-hydrogen) atoms. The van der Waals surface area contributed by atoms with E-state index in [0.717, 1.165) is 50.0 Å². The molecule has 1 heterocycles. The highest BCUT2D eigenvalue weighted by atomic mass is 16.5. The summed E-state index contributed by atoms with van der Waals surface area (Å²) in [4.78, 5) is 24.0. The number of benzene rings is 1. The zero-order valence-electron chi connectivity index (χ0n) is 17.2. The number of nitrogens with zero attached hydrogens (tertiary/aromatic N) is 1. The number of rotatable bonds is 5. The minimum atomic E-state index is -0.676. The average Bonchev–Trinajstić information content (AvgIpc) is 3.12. The van der Waals surface area contributed by atoms with Crippen molar-refractivity contribution < 1.29 is 19.4 Å². The molecule has 158 valence electrons. The predicted molar refractivity (Wildman–Crippen MR) is 115 cm³/mol. The normalized spacial score (nSPS) is 26.4. The predicted octanol–water partition coefficient (Wildman–Crippen LogP) is 4.74. The summed E-state index contributed by atoms with van der Waals surface area (Å²) in [7, 11) is 0. The summed E-state index contributed by atoms with van der Waals surface area (Å²) in [6.45, 7) is 1.10. The van der Waals surface area contributed by atoms with Crippen LogP contribution in [0.1, 0.15) is 61.5 Å². The lowest BCUT2D eigenvalue weighted by Crippen LogP contribution is -2.30. The second-order valence-corrected chi connectivity index (χ2v) is 8.48. The fourth-order valence-electron chi connectivity index (χ4n) is 4.84. The van der Waals surface area contributed by atoms with Crippen LogP contribution in [0.25, 0.3) is 0 Å². The van der Waals surface area contributed by atoms with Gasteiger partial charge in [0.25, 0.3) is 0 Å². The summed E-state index contributed by atoms with van der Waals surface area (Å²) in [6.07, 6.45) is 14.7. The molecule has 3 aliphatic rings. The molecule has 1 aliphatic heterocycles. The van der Waals surface area contributed by atoms with E-state index >= 15 is 0 Å². The Labute approximate surface area is 177 Å². The van der Waals surface area contributed by atoms with Crippen molar-refractivity contribution in [1.82, 2.24) is 4.90 Å². The lowest BCUT2D eigenvalue weighted by Gasteiger charge is -2.25. The van der Waals surface area contributed by atoms with Crippen LogP contribution in [0.3, 0.4) is 0 Å². The van der Waals surface area contributed by atoms with Crippen molar-refractivity contribution in [1.29, 1.82) is 0 Å². The second kappa shape index (κ2) is 9.33. The number of carboxylic acid groups (broad SMARTS) is 1. The van der Waals surface area contributed by atoms with E-state index in [4.69, 9.17) is 9.84 Å². The summed E-state index contributed by atoms with van der Waals surface area (Å²) in [6, 6.07) is 8.84. The Bertz CT molecular complexity index is 868. The van der Waals surface area contributed by atoms with E-state index in [1.54, 1.807) is 4.90 Å². The van der Waals surface area contributed by atoms with E-state index in [0.29, 0.717) is 31.4 Å². The Morgan fingerprint density at radius 3 is 2.60 bits per heavy atom. The van der Waals surface area contributed by atoms with Gasteiger partial charge in [-0.25, -0.2) is 0 Å². The monoisotopic (exact) mass is 407 g/mol. The van der Waals surface area contributed by atoms with E-state index in [2.05, 4.69) is 36.4 Å². The summed E-state index contributed by atoms with van der Waals surface area (Å²) < 4.78 is 5.73. The first-order valence-corrected chi connectivity index (χ1v) is 10.9. The molecule has 0 bridgehead atoms. The van der Waals surface area contributed by atoms with Gasteiger partial charge in [0.15, 0.2) is 0 Å². The van der Waals surface area contributed by atoms with Gasteiger partial charge in [0.1, 0.15) is 12.4 Å². The van der Waals surface area contributed by atoms with Gasteiger partial charge in [-0.05, 0) is 60.8 Å². The Balaban J connectivity index is 1.43. The maximum atomic E-state index is 11.3. The molecule has 0 saturated heterocycles. The molecule has 0 spiro atoms. The number of hydrogen-bond acceptors (Lipinski definition) is 3. The van der Waals surface area contributed by atoms with Crippen LogP contribution in [0.4, 0.5) is 0 Å². The van der Waals surface area contributed by atoms with Crippen molar-refractivity contribution in [3.8, 4) is 0 Å². The summed E-state index contributed by atoms with van der Waals surface area (Å²) in [5.74, 6) is 1.04. The van der Waals surface area contributed by atoms with Crippen LogP contribution < -0.4 is 0 Å². The number of aliphatic carboxylic acids is 1. The lowest BCUT2D eigenvalue weighted by atomic mass is 9.88. The molecule has 1 saturated carbocycles. The Kier molecular flexibility index (Phi) is 6.36. The van der Waals surface area contributed by atoms with Gasteiger partial charge in [-0.1, -0.05) is 42.8 Å². The molecule has 0 aromatic heterocycles. The molecule has 2 aliphatic carbocycles. The summed E-state index contributed by atoms with van der Waals surface area (Å²) >= 11 is 0. The van der Waals surface area contributed by atoms with Gasteiger partial charge < -0.3 is 14.7 Å². The van der Waals surface area contributed by atoms with Crippen LogP contribution in [0, 0.1) is 5.92 Å². The number of carbonyl (C=O) groups excluding carboxylic acids is 1. The largest absolute Gasteiger partial charge is 0.490 e. The molecule has 4 rings (SSSR count). The lowest BCUT2D eigenvalue weighted by molar-refractivity contribution is -0.138. The minimum absolute atomic E-state index is 0.135. The highest BCUT2D eigenvalue weighted by molar-refractivity contribution is 5.67. The van der Waals surface area contributed by atoms with Crippen molar-refractivity contribution in [2.45, 2.75) is 50.4 Å². The average molecular weight is 408 g/mol. The molecule has 1 fully saturated rings. The topological polar surface area (TPSA) is 66.8 Å². The van der Waals surface area contributed by atoms with Gasteiger partial charge in [0, 0.05) is 12.3 Å². The molecule has 1 N–H and O–H groups in total. The van der Waals surface area contributed by atoms with Crippen molar-refractivity contribution in [2.75, 3.05) is 13.2 Å². The SMILES string of the molecule is O=CN1CCOC2=C1C=CC(c1ccc([C@@H]3CCC[C@@H](CC(=O)O)CC3)cc1)C=C2. The van der Waals surface area contributed by atoms with Crippen LogP contribution >= 0.6 is 0 Å². The van der Waals surface area contributed by atoms with Crippen molar-refractivity contribution >= 4 is 12.4 Å². The summed E-state index contributed by atoms with van der Waals surface area (Å²) in [5, 5.41) is 9.07. The zero-order valence-corrected chi connectivity index (χ0v) is 17.2. The number of carboxylic acids is 1. The van der Waals surface area contributed by atoms with Gasteiger partial charge in [0.2, 0.25) is 6.41 Å². The molecule has 3 atom stereocenters. The fraction of sp³-hybridized carbons (Fsp3) is 0.440. The van der Waals surface area contributed by atoms with Crippen molar-refractivity contribution in [3.05, 3.63) is 71.2 Å². The highest BCUT2D eigenvalue weighted by Gasteiger charge is 2.23. The smallest absolute Gasteiger partial charge is 0.303 e. The third-order valence-electron chi connectivity index (χ3n) is 6.54. The van der Waals surface area contributed by atoms with Gasteiger partial charge in [-0.2, -0.15) is 0 Å². The van der Waals surface area contributed by atoms with Crippen molar-refractivity contribution in [3.63, 3.8) is 0 Å². The molecule has 1 unspecified atom stereocenters. The number of hydrogen-bond donors (Lipinski definition) is 1. The van der Waals surface area contributed by atoms with E-state index in [1.807, 2.05) is 12.2 Å². The van der Waals surface area contributed by atoms with Crippen LogP contribution in [0.5, 0.6) is 0 Å². The maximum absolute atomic E-state index is 11.3. The third kappa shape index (κ3) is 4.66. The Morgan fingerprint density at radius 1 is 1.07 bits per heavy atom. The Hall–Kier alpha value is -2.82. The number of carbonyl (C=O) groups is 2. The highest BCUT2D eigenvalue weighted by Crippen LogP contribution is 2.36. The van der Waals surface area contributed by atoms with E-state index in [-0.39, 0.29) is 5.92 Å². The first-order chi connectivity index (χ1) is 14.6. The fourth-order valence-corrected chi connectivity index (χ4v) is 4.84. The molecule has 1 amide bonds. The van der Waals surface area contributed by atoms with Gasteiger partial charge >= 0.3 is 5.97 Å². The first kappa shape index (κ1) is 20.5. The standard InChI is InChI=1S/C25H29NO4/c27-17-26-14-15-30-24-13-11-22(10-12-23(24)26)21-8-6-20(7-9-21)19-3-1-2-18(4-5-19)16-25(28)29/h6-13,17-19,22H,1-5,14-16H2,(H,28,29)/t18-,19-,22?/m1/s1. The minimum Gasteiger partial charge on any atom is -0.490 e. The molecule has 5 heteroatoms. The van der Waals surface area contributed by atoms with Gasteiger partial charge in [-0.15, -0.1) is 0 Å². The van der Waals surface area contributed by atoms with Gasteiger partial charge in [0.05, 0.1) is 12.2 Å². The van der Waals surface area contributed by atoms with E-state index in [1.165, 1.54) is 11.1 Å². The van der Waals surface area contributed by atoms with Crippen LogP contribution in [-0.2, 0) is 14.3 Å². The Morgan fingerprint density at radius 2 is 1.83 bits per heavy atom. The molecular formula is C25H29NO4. The molecular weight excluding hydrogens is 378 g/mol. The molecule has 1 aromatic carbocycles. The van der Waals surface area contributed by atoms with Gasteiger partial charge in [-0.3, -0.25) is 9.59 Å². The maximum Gasteiger partial charge on any atom is 0.303 e. The van der Waals surface area contributed by atoms with Crippen LogP contribution in [-0.4, -0.2) is 35.5 Å². The third-order valence-corrected chi connectivity index (χ3v) is 6.54. The molecule has 0 radical (unpaired) electrons. The van der Waals surface area contributed by atoms with Crippen molar-refractivity contribution in [2.24, 2.45) is 5.92 Å². The van der Waals surface area contributed by atoms with E-state index in [9.17, 15) is 9.59 Å². The summed E-state index contributed by atoms with van der Waals surface area (Å²) in [5.41, 5.74) is 3.38. The molecule has 5 nitrogen and oxygen atoms in total. The number of amides is 1. The number of ether oxygens (including phenoxy) is 1. The van der Waals surface area contributed by atoms with Crippen LogP contribution in [0.2, 0.25) is 0 Å². The number of allylic oxidation sites excluding steroid dienone is 4. The van der Waals surface area contributed by atoms with E-state index < -0.39 is 5.97 Å². The first-order valence-electron chi connectivity index (χ1n) is 10.9. The van der Waals surface area contributed by atoms with Crippen LogP contribution in [0.15, 0.2) is 60.0 Å². The molecule has 1 aromatic rings. The second-order valence-electron chi connectivity index (χ2n) is 8.48. The zero-order chi connectivity index (χ0) is 20.9.